The first kappa shape index (κ1) is 26.4. The Hall–Kier alpha value is -3.26. The molecule has 10 heteroatoms. The minimum absolute atomic E-state index is 0.287. The zero-order valence-electron chi connectivity index (χ0n) is 20.4. The monoisotopic (exact) mass is 733 g/mol. The number of ether oxygens (including phenoxy) is 2. The Morgan fingerprint density at radius 2 is 1.82 bits per heavy atom. The summed E-state index contributed by atoms with van der Waals surface area (Å²) >= 11 is 4.29. The number of hydrogen-bond acceptors (Lipinski definition) is 7. The number of benzene rings is 3. The van der Waals surface area contributed by atoms with Gasteiger partial charge in [-0.2, -0.15) is 9.78 Å². The van der Waals surface area contributed by atoms with Crippen LogP contribution in [0.2, 0.25) is 0 Å². The van der Waals surface area contributed by atoms with E-state index in [-0.39, 0.29) is 12.2 Å². The second kappa shape index (κ2) is 11.2. The van der Waals surface area contributed by atoms with Crippen LogP contribution in [0.5, 0.6) is 5.75 Å². The summed E-state index contributed by atoms with van der Waals surface area (Å²) in [6.07, 6.45) is 0.845. The number of aromatic nitrogens is 2. The lowest BCUT2D eigenvalue weighted by molar-refractivity contribution is -0.150. The summed E-state index contributed by atoms with van der Waals surface area (Å²) in [4.78, 5) is 30.2. The number of para-hydroxylation sites is 2. The number of fused-ring (bicyclic) bond motifs is 2. The number of furan rings is 1. The summed E-state index contributed by atoms with van der Waals surface area (Å²) in [7, 11) is 0. The van der Waals surface area contributed by atoms with Gasteiger partial charge in [0, 0.05) is 5.39 Å². The highest BCUT2D eigenvalue weighted by Crippen LogP contribution is 2.30. The standard InChI is InChI=1S/C28H21I2N3O5/c1-3-36-28(35)16(2)37-25-20(29)12-17(13-21(25)30)15-31-33-26(24-14-18-8-4-7-11-23(18)38-24)32-22-10-6-5-9-19(22)27(33)34/h4-16H,3H2,1-2H3/t16-/m0/s1. The van der Waals surface area contributed by atoms with Crippen molar-refractivity contribution in [3.63, 3.8) is 0 Å². The van der Waals surface area contributed by atoms with E-state index >= 15 is 0 Å². The van der Waals surface area contributed by atoms with E-state index in [0.717, 1.165) is 18.1 Å². The lowest BCUT2D eigenvalue weighted by atomic mass is 10.2. The van der Waals surface area contributed by atoms with Crippen LogP contribution in [0, 0.1) is 7.14 Å². The number of esters is 1. The van der Waals surface area contributed by atoms with Crippen LogP contribution in [0.4, 0.5) is 0 Å². The summed E-state index contributed by atoms with van der Waals surface area (Å²) in [6, 6.07) is 20.3. The average molecular weight is 733 g/mol. The van der Waals surface area contributed by atoms with Crippen LogP contribution >= 0.6 is 45.2 Å². The minimum Gasteiger partial charge on any atom is -0.477 e. The van der Waals surface area contributed by atoms with Gasteiger partial charge in [-0.1, -0.05) is 30.3 Å². The van der Waals surface area contributed by atoms with Gasteiger partial charge in [-0.3, -0.25) is 4.79 Å². The lowest BCUT2D eigenvalue weighted by Crippen LogP contribution is -2.26. The fourth-order valence-corrected chi connectivity index (χ4v) is 5.93. The van der Waals surface area contributed by atoms with Crippen molar-refractivity contribution in [1.29, 1.82) is 0 Å². The van der Waals surface area contributed by atoms with E-state index in [0.29, 0.717) is 33.8 Å². The first-order valence-corrected chi connectivity index (χ1v) is 13.9. The molecule has 0 radical (unpaired) electrons. The molecule has 38 heavy (non-hydrogen) atoms. The molecule has 8 nitrogen and oxygen atoms in total. The number of carbonyl (C=O) groups excluding carboxylic acids is 1. The Labute approximate surface area is 244 Å². The number of nitrogens with zero attached hydrogens (tertiary/aromatic N) is 3. The number of carbonyl (C=O) groups is 1. The van der Waals surface area contributed by atoms with Crippen molar-refractivity contribution in [3.05, 3.63) is 89.8 Å². The molecule has 5 rings (SSSR count). The van der Waals surface area contributed by atoms with Crippen LogP contribution in [-0.2, 0) is 9.53 Å². The maximum atomic E-state index is 13.5. The molecule has 0 aliphatic rings. The molecule has 0 fully saturated rings. The van der Waals surface area contributed by atoms with Crippen molar-refractivity contribution >= 4 is 79.2 Å². The molecule has 192 valence electrons. The molecular weight excluding hydrogens is 712 g/mol. The highest BCUT2D eigenvalue weighted by Gasteiger charge is 2.20. The normalized spacial score (nSPS) is 12.3. The summed E-state index contributed by atoms with van der Waals surface area (Å²) in [5, 5.41) is 5.88. The molecule has 2 aromatic heterocycles. The highest BCUT2D eigenvalue weighted by atomic mass is 127. The third kappa shape index (κ3) is 5.32. The maximum Gasteiger partial charge on any atom is 0.347 e. The lowest BCUT2D eigenvalue weighted by Gasteiger charge is -2.16. The van der Waals surface area contributed by atoms with Gasteiger partial charge in [0.25, 0.3) is 5.56 Å². The molecule has 0 aliphatic heterocycles. The van der Waals surface area contributed by atoms with Gasteiger partial charge >= 0.3 is 5.97 Å². The summed E-state index contributed by atoms with van der Waals surface area (Å²) in [5.41, 5.74) is 1.68. The Morgan fingerprint density at radius 3 is 2.55 bits per heavy atom. The topological polar surface area (TPSA) is 95.9 Å². The maximum absolute atomic E-state index is 13.5. The van der Waals surface area contributed by atoms with Crippen LogP contribution in [0.15, 0.2) is 81.0 Å². The fraction of sp³-hybridized carbons (Fsp3) is 0.143. The molecule has 1 atom stereocenters. The zero-order chi connectivity index (χ0) is 26.8. The van der Waals surface area contributed by atoms with Crippen molar-refractivity contribution in [2.45, 2.75) is 20.0 Å². The first-order valence-electron chi connectivity index (χ1n) is 11.7. The van der Waals surface area contributed by atoms with Crippen molar-refractivity contribution < 1.29 is 18.7 Å². The van der Waals surface area contributed by atoms with E-state index < -0.39 is 12.1 Å². The molecule has 0 bridgehead atoms. The van der Waals surface area contributed by atoms with Crippen molar-refractivity contribution in [2.24, 2.45) is 5.10 Å². The molecule has 0 saturated heterocycles. The largest absolute Gasteiger partial charge is 0.477 e. The quantitative estimate of drug-likeness (QED) is 0.112. The predicted molar refractivity (Wildman–Crippen MR) is 163 cm³/mol. The van der Waals surface area contributed by atoms with Crippen LogP contribution < -0.4 is 10.3 Å². The second-order valence-corrected chi connectivity index (χ2v) is 10.6. The molecule has 0 aliphatic carbocycles. The molecule has 0 amide bonds. The number of rotatable bonds is 7. The molecule has 0 saturated carbocycles. The third-order valence-corrected chi connectivity index (χ3v) is 7.26. The van der Waals surface area contributed by atoms with Crippen LogP contribution in [0.25, 0.3) is 33.5 Å². The van der Waals surface area contributed by atoms with E-state index in [2.05, 4.69) is 50.3 Å². The van der Waals surface area contributed by atoms with Gasteiger partial charge in [0.15, 0.2) is 11.9 Å². The van der Waals surface area contributed by atoms with E-state index in [1.165, 1.54) is 4.68 Å². The predicted octanol–water partition coefficient (Wildman–Crippen LogP) is 6.23. The van der Waals surface area contributed by atoms with E-state index in [1.807, 2.05) is 48.5 Å². The van der Waals surface area contributed by atoms with Crippen LogP contribution in [-0.4, -0.2) is 34.6 Å². The summed E-state index contributed by atoms with van der Waals surface area (Å²) in [5.74, 6) is 0.892. The highest BCUT2D eigenvalue weighted by molar-refractivity contribution is 14.1. The van der Waals surface area contributed by atoms with Crippen molar-refractivity contribution in [2.75, 3.05) is 6.61 Å². The smallest absolute Gasteiger partial charge is 0.347 e. The zero-order valence-corrected chi connectivity index (χ0v) is 24.7. The number of halogens is 2. The van der Waals surface area contributed by atoms with Gasteiger partial charge in [0.05, 0.1) is 30.9 Å². The molecule has 0 unspecified atom stereocenters. The van der Waals surface area contributed by atoms with Gasteiger partial charge in [0.2, 0.25) is 5.82 Å². The van der Waals surface area contributed by atoms with Gasteiger partial charge < -0.3 is 13.9 Å². The van der Waals surface area contributed by atoms with Gasteiger partial charge in [-0.25, -0.2) is 9.78 Å². The fourth-order valence-electron chi connectivity index (χ4n) is 3.86. The van der Waals surface area contributed by atoms with E-state index in [4.69, 9.17) is 18.9 Å². The minimum atomic E-state index is -0.745. The van der Waals surface area contributed by atoms with Gasteiger partial charge in [-0.05, 0) is 101 Å². The molecule has 0 N–H and O–H groups in total. The average Bonchev–Trinajstić information content (AvgIpc) is 3.34. The molecule has 2 heterocycles. The van der Waals surface area contributed by atoms with E-state index in [1.54, 1.807) is 38.3 Å². The molecule has 3 aromatic carbocycles. The Morgan fingerprint density at radius 1 is 1.11 bits per heavy atom. The summed E-state index contributed by atoms with van der Waals surface area (Å²) in [6.45, 7) is 3.69. The number of hydrogen-bond donors (Lipinski definition) is 0. The van der Waals surface area contributed by atoms with Gasteiger partial charge in [-0.15, -0.1) is 0 Å². The first-order chi connectivity index (χ1) is 18.4. The third-order valence-electron chi connectivity index (χ3n) is 5.66. The molecule has 0 spiro atoms. The van der Waals surface area contributed by atoms with E-state index in [9.17, 15) is 9.59 Å². The Balaban J connectivity index is 1.55. The van der Waals surface area contributed by atoms with Gasteiger partial charge in [0.1, 0.15) is 11.3 Å². The second-order valence-electron chi connectivity index (χ2n) is 8.29. The molecular formula is C28H21I2N3O5. The van der Waals surface area contributed by atoms with Crippen LogP contribution in [0.1, 0.15) is 19.4 Å². The van der Waals surface area contributed by atoms with Crippen molar-refractivity contribution in [1.82, 2.24) is 9.66 Å². The van der Waals surface area contributed by atoms with Crippen molar-refractivity contribution in [3.8, 4) is 17.3 Å². The SMILES string of the molecule is CCOC(=O)[C@H](C)Oc1c(I)cc(C=Nn2c(-c3cc4ccccc4o3)nc3ccccc3c2=O)cc1I. The molecule has 5 aromatic rings. The Bertz CT molecular complexity index is 1700. The Kier molecular flexibility index (Phi) is 7.79. The van der Waals surface area contributed by atoms with Crippen LogP contribution in [0.3, 0.4) is 0 Å². The summed E-state index contributed by atoms with van der Waals surface area (Å²) < 4.78 is 19.8.